The predicted octanol–water partition coefficient (Wildman–Crippen LogP) is 3.01. The monoisotopic (exact) mass is 372 g/mol. The second-order valence-corrected chi connectivity index (χ2v) is 6.62. The quantitative estimate of drug-likeness (QED) is 0.746. The van der Waals surface area contributed by atoms with Crippen molar-refractivity contribution in [2.24, 2.45) is 0 Å². The third-order valence-corrected chi connectivity index (χ3v) is 5.03. The first-order valence-electron chi connectivity index (χ1n) is 9.12. The van der Waals surface area contributed by atoms with Crippen molar-refractivity contribution in [1.82, 2.24) is 4.98 Å². The van der Waals surface area contributed by atoms with Crippen molar-refractivity contribution in [3.8, 4) is 22.8 Å². The van der Waals surface area contributed by atoms with Crippen molar-refractivity contribution >= 4 is 11.7 Å². The summed E-state index contributed by atoms with van der Waals surface area (Å²) in [7, 11) is 1.55. The Labute approximate surface area is 157 Å². The number of ether oxygens (including phenoxy) is 1. The number of aromatic amines is 1. The van der Waals surface area contributed by atoms with Crippen LogP contribution in [0.1, 0.15) is 42.1 Å². The number of nitrogens with one attached hydrogen (secondary N) is 1. The van der Waals surface area contributed by atoms with Crippen molar-refractivity contribution in [2.75, 3.05) is 25.1 Å². The molecule has 7 heteroatoms. The van der Waals surface area contributed by atoms with E-state index in [1.807, 2.05) is 18.2 Å². The highest BCUT2D eigenvalue weighted by Crippen LogP contribution is 2.37. The van der Waals surface area contributed by atoms with E-state index in [1.165, 1.54) is 6.42 Å². The molecule has 0 unspecified atom stereocenters. The van der Waals surface area contributed by atoms with Gasteiger partial charge in [-0.1, -0.05) is 6.92 Å². The summed E-state index contributed by atoms with van der Waals surface area (Å²) >= 11 is 0. The molecule has 7 nitrogen and oxygen atoms in total. The lowest BCUT2D eigenvalue weighted by Crippen LogP contribution is -2.29. The Hall–Kier alpha value is -2.96. The SMILES string of the molecule is CCc1c(-c2ccc(N3CCCCC3)cc2OC)[nH]c(=O)c(C(=O)O)c1O. The normalized spacial score (nSPS) is 14.2. The van der Waals surface area contributed by atoms with Gasteiger partial charge in [0, 0.05) is 36.0 Å². The molecular weight excluding hydrogens is 348 g/mol. The van der Waals surface area contributed by atoms with Crippen LogP contribution in [0.5, 0.6) is 11.5 Å². The lowest BCUT2D eigenvalue weighted by molar-refractivity contribution is 0.0691. The number of aromatic nitrogens is 1. The highest BCUT2D eigenvalue weighted by molar-refractivity contribution is 5.92. The fraction of sp³-hybridized carbons (Fsp3) is 0.400. The van der Waals surface area contributed by atoms with E-state index in [4.69, 9.17) is 4.74 Å². The molecule has 3 N–H and O–H groups in total. The number of anilines is 1. The van der Waals surface area contributed by atoms with Gasteiger partial charge in [-0.25, -0.2) is 4.79 Å². The minimum atomic E-state index is -1.46. The van der Waals surface area contributed by atoms with Gasteiger partial charge >= 0.3 is 5.97 Å². The van der Waals surface area contributed by atoms with E-state index < -0.39 is 22.8 Å². The first-order chi connectivity index (χ1) is 13.0. The lowest BCUT2D eigenvalue weighted by atomic mass is 9.99. The molecule has 2 aromatic rings. The summed E-state index contributed by atoms with van der Waals surface area (Å²) in [6, 6.07) is 5.72. The van der Waals surface area contributed by atoms with Gasteiger partial charge in [-0.15, -0.1) is 0 Å². The van der Waals surface area contributed by atoms with Crippen molar-refractivity contribution in [1.29, 1.82) is 0 Å². The second-order valence-electron chi connectivity index (χ2n) is 6.62. The minimum Gasteiger partial charge on any atom is -0.506 e. The Morgan fingerprint density at radius 3 is 2.56 bits per heavy atom. The molecule has 1 fully saturated rings. The summed E-state index contributed by atoms with van der Waals surface area (Å²) in [5.41, 5.74) is 0.929. The van der Waals surface area contributed by atoms with Crippen LogP contribution in [0.15, 0.2) is 23.0 Å². The number of hydrogen-bond acceptors (Lipinski definition) is 5. The smallest absolute Gasteiger partial charge is 0.345 e. The van der Waals surface area contributed by atoms with E-state index in [1.54, 1.807) is 14.0 Å². The van der Waals surface area contributed by atoms with Gasteiger partial charge in [-0.3, -0.25) is 4.79 Å². The molecule has 0 aliphatic carbocycles. The molecule has 0 atom stereocenters. The van der Waals surface area contributed by atoms with Crippen molar-refractivity contribution in [3.05, 3.63) is 39.7 Å². The van der Waals surface area contributed by atoms with Crippen LogP contribution in [0.3, 0.4) is 0 Å². The van der Waals surface area contributed by atoms with Crippen LogP contribution in [-0.2, 0) is 6.42 Å². The van der Waals surface area contributed by atoms with Gasteiger partial charge < -0.3 is 24.8 Å². The number of hydrogen-bond donors (Lipinski definition) is 3. The van der Waals surface area contributed by atoms with E-state index in [0.29, 0.717) is 29.0 Å². The predicted molar refractivity (Wildman–Crippen MR) is 103 cm³/mol. The second kappa shape index (κ2) is 7.73. The third-order valence-electron chi connectivity index (χ3n) is 5.03. The maximum absolute atomic E-state index is 12.2. The van der Waals surface area contributed by atoms with Crippen molar-refractivity contribution in [3.63, 3.8) is 0 Å². The molecular formula is C20H24N2O5. The van der Waals surface area contributed by atoms with Gasteiger partial charge in [0.25, 0.3) is 5.56 Å². The number of benzene rings is 1. The number of pyridine rings is 1. The van der Waals surface area contributed by atoms with Gasteiger partial charge in [0.15, 0.2) is 5.56 Å². The first kappa shape index (κ1) is 18.8. The molecule has 1 saturated heterocycles. The summed E-state index contributed by atoms with van der Waals surface area (Å²) in [6.45, 7) is 3.78. The summed E-state index contributed by atoms with van der Waals surface area (Å²) in [5, 5.41) is 19.6. The zero-order chi connectivity index (χ0) is 19.6. The van der Waals surface area contributed by atoms with Gasteiger partial charge in [-0.05, 0) is 37.8 Å². The summed E-state index contributed by atoms with van der Waals surface area (Å²) < 4.78 is 5.54. The molecule has 1 aromatic carbocycles. The van der Waals surface area contributed by atoms with Crippen LogP contribution in [0.2, 0.25) is 0 Å². The Bertz CT molecular complexity index is 913. The minimum absolute atomic E-state index is 0.356. The molecule has 27 heavy (non-hydrogen) atoms. The molecule has 1 aliphatic heterocycles. The zero-order valence-electron chi connectivity index (χ0n) is 15.5. The number of carbonyl (C=O) groups is 1. The zero-order valence-corrected chi connectivity index (χ0v) is 15.5. The summed E-state index contributed by atoms with van der Waals surface area (Å²) in [6.07, 6.45) is 3.90. The van der Waals surface area contributed by atoms with E-state index in [0.717, 1.165) is 31.6 Å². The molecule has 0 radical (unpaired) electrons. The van der Waals surface area contributed by atoms with Crippen LogP contribution in [0.4, 0.5) is 5.69 Å². The molecule has 1 aromatic heterocycles. The average Bonchev–Trinajstić information content (AvgIpc) is 2.67. The number of aromatic hydroxyl groups is 1. The van der Waals surface area contributed by atoms with Crippen LogP contribution in [0.25, 0.3) is 11.3 Å². The molecule has 1 aliphatic rings. The highest BCUT2D eigenvalue weighted by Gasteiger charge is 2.23. The van der Waals surface area contributed by atoms with E-state index in [2.05, 4.69) is 9.88 Å². The Kier molecular flexibility index (Phi) is 5.39. The lowest BCUT2D eigenvalue weighted by Gasteiger charge is -2.29. The molecule has 144 valence electrons. The van der Waals surface area contributed by atoms with E-state index in [9.17, 15) is 19.8 Å². The summed E-state index contributed by atoms with van der Waals surface area (Å²) in [5.74, 6) is -1.39. The number of rotatable bonds is 5. The van der Waals surface area contributed by atoms with Crippen molar-refractivity contribution < 1.29 is 19.7 Å². The molecule has 0 bridgehead atoms. The largest absolute Gasteiger partial charge is 0.506 e. The molecule has 3 rings (SSSR count). The molecule has 0 amide bonds. The maximum Gasteiger partial charge on any atom is 0.345 e. The maximum atomic E-state index is 12.2. The number of carboxylic acids is 1. The molecule has 0 spiro atoms. The van der Waals surface area contributed by atoms with E-state index in [-0.39, 0.29) is 0 Å². The van der Waals surface area contributed by atoms with Gasteiger partial charge in [-0.2, -0.15) is 0 Å². The number of methoxy groups -OCH3 is 1. The van der Waals surface area contributed by atoms with Gasteiger partial charge in [0.2, 0.25) is 0 Å². The Morgan fingerprint density at radius 2 is 1.96 bits per heavy atom. The molecule has 2 heterocycles. The van der Waals surface area contributed by atoms with Crippen LogP contribution < -0.4 is 15.2 Å². The Balaban J connectivity index is 2.13. The topological polar surface area (TPSA) is 103 Å². The standard InChI is InChI=1S/C20H24N2O5/c1-3-13-17(21-19(24)16(18(13)23)20(25)26)14-8-7-12(11-15(14)27-2)22-9-5-4-6-10-22/h7-8,11H,3-6,9-10H2,1-2H3,(H,25,26)(H2,21,23,24). The van der Waals surface area contributed by atoms with Crippen LogP contribution >= 0.6 is 0 Å². The third kappa shape index (κ3) is 3.49. The average molecular weight is 372 g/mol. The number of aromatic carboxylic acids is 1. The van der Waals surface area contributed by atoms with Crippen LogP contribution in [0, 0.1) is 0 Å². The van der Waals surface area contributed by atoms with Gasteiger partial charge in [0.05, 0.1) is 12.8 Å². The number of nitrogens with zero attached hydrogens (tertiary/aromatic N) is 1. The number of H-pyrrole nitrogens is 1. The first-order valence-corrected chi connectivity index (χ1v) is 9.12. The summed E-state index contributed by atoms with van der Waals surface area (Å²) in [4.78, 5) is 28.4. The van der Waals surface area contributed by atoms with Gasteiger partial charge in [0.1, 0.15) is 11.5 Å². The highest BCUT2D eigenvalue weighted by atomic mass is 16.5. The molecule has 0 saturated carbocycles. The number of piperidine rings is 1. The van der Waals surface area contributed by atoms with E-state index >= 15 is 0 Å². The fourth-order valence-electron chi connectivity index (χ4n) is 3.64. The Morgan fingerprint density at radius 1 is 1.26 bits per heavy atom. The number of carboxylic acid groups (broad SMARTS) is 1. The fourth-order valence-corrected chi connectivity index (χ4v) is 3.64. The van der Waals surface area contributed by atoms with Crippen LogP contribution in [-0.4, -0.2) is 41.4 Å². The van der Waals surface area contributed by atoms with Crippen molar-refractivity contribution in [2.45, 2.75) is 32.6 Å².